The number of carbonyl (C=O) groups excluding carboxylic acids is 1. The Bertz CT molecular complexity index is 814. The molecule has 9 nitrogen and oxygen atoms in total. The number of ether oxygens (including phenoxy) is 2. The molecule has 1 aromatic rings. The number of rotatable bonds is 14. The minimum absolute atomic E-state index is 0.162. The molecule has 0 fully saturated rings. The summed E-state index contributed by atoms with van der Waals surface area (Å²) in [6.07, 6.45) is 3.54. The topological polar surface area (TPSA) is 113 Å². The first-order valence-corrected chi connectivity index (χ1v) is 12.4. The monoisotopic (exact) mass is 496 g/mol. The van der Waals surface area contributed by atoms with Crippen LogP contribution in [0.5, 0.6) is 0 Å². The van der Waals surface area contributed by atoms with Crippen LogP contribution in [0.4, 0.5) is 15.0 Å². The third-order valence-corrected chi connectivity index (χ3v) is 5.80. The van der Waals surface area contributed by atoms with Gasteiger partial charge in [-0.05, 0) is 77.5 Å². The van der Waals surface area contributed by atoms with Crippen molar-refractivity contribution in [3.63, 3.8) is 0 Å². The van der Waals surface area contributed by atoms with Gasteiger partial charge in [0.25, 0.3) is 0 Å². The number of anilines is 1. The highest BCUT2D eigenvalue weighted by Gasteiger charge is 2.25. The number of aliphatic carboxylic acids is 1. The van der Waals surface area contributed by atoms with Crippen molar-refractivity contribution in [2.75, 3.05) is 45.3 Å². The summed E-state index contributed by atoms with van der Waals surface area (Å²) in [6, 6.07) is 3.11. The Morgan fingerprint density at radius 1 is 1.29 bits per heavy atom. The molecule has 0 saturated carbocycles. The number of alkyl halides is 1. The molecule has 35 heavy (non-hydrogen) atoms. The number of carboxylic acid groups (broad SMARTS) is 1. The van der Waals surface area contributed by atoms with E-state index in [-0.39, 0.29) is 6.42 Å². The molecule has 0 bridgehead atoms. The number of alkyl carbamates (subject to hydrolysis) is 1. The lowest BCUT2D eigenvalue weighted by molar-refractivity contribution is -0.139. The average molecular weight is 497 g/mol. The summed E-state index contributed by atoms with van der Waals surface area (Å²) in [5.41, 5.74) is 1.57. The number of nitrogens with zero attached hydrogens (tertiary/aromatic N) is 2. The molecule has 0 radical (unpaired) electrons. The molecular weight excluding hydrogens is 455 g/mol. The number of hydrogen-bond acceptors (Lipinski definition) is 7. The fraction of sp³-hybridized carbons (Fsp3) is 0.720. The zero-order valence-corrected chi connectivity index (χ0v) is 21.4. The molecule has 2 unspecified atom stereocenters. The number of fused-ring (bicyclic) bond motifs is 1. The van der Waals surface area contributed by atoms with Crippen LogP contribution in [-0.4, -0.2) is 84.8 Å². The lowest BCUT2D eigenvalue weighted by atomic mass is 10.1. The van der Waals surface area contributed by atoms with Gasteiger partial charge in [-0.3, -0.25) is 0 Å². The number of hydrogen-bond donors (Lipinski definition) is 3. The predicted molar refractivity (Wildman–Crippen MR) is 133 cm³/mol. The third kappa shape index (κ3) is 10.8. The SMILES string of the molecule is COC(CF)CN(CCCCc1ccc2c(n1)NCCC2)CCC(NC(=O)OC(C)(C)C)C(=O)O. The van der Waals surface area contributed by atoms with Crippen molar-refractivity contribution in [3.8, 4) is 0 Å². The number of halogens is 1. The van der Waals surface area contributed by atoms with E-state index in [1.54, 1.807) is 20.8 Å². The largest absolute Gasteiger partial charge is 0.480 e. The van der Waals surface area contributed by atoms with E-state index < -0.39 is 36.5 Å². The Kier molecular flexibility index (Phi) is 11.7. The van der Waals surface area contributed by atoms with Gasteiger partial charge in [0.15, 0.2) is 0 Å². The average Bonchev–Trinajstić information content (AvgIpc) is 2.80. The Morgan fingerprint density at radius 3 is 2.71 bits per heavy atom. The second-order valence-corrected chi connectivity index (χ2v) is 9.94. The van der Waals surface area contributed by atoms with E-state index in [9.17, 15) is 19.1 Å². The van der Waals surface area contributed by atoms with E-state index in [0.29, 0.717) is 19.6 Å². The van der Waals surface area contributed by atoms with E-state index in [4.69, 9.17) is 14.5 Å². The number of aromatic nitrogens is 1. The molecule has 1 aliphatic rings. The van der Waals surface area contributed by atoms with Gasteiger partial charge >= 0.3 is 12.1 Å². The van der Waals surface area contributed by atoms with Gasteiger partial charge in [-0.1, -0.05) is 6.07 Å². The normalized spacial score (nSPS) is 15.1. The summed E-state index contributed by atoms with van der Waals surface area (Å²) in [6.45, 7) is 6.82. The van der Waals surface area contributed by atoms with Crippen LogP contribution >= 0.6 is 0 Å². The lowest BCUT2D eigenvalue weighted by Gasteiger charge is -2.27. The quantitative estimate of drug-likeness (QED) is 0.336. The number of methoxy groups -OCH3 is 1. The van der Waals surface area contributed by atoms with Gasteiger partial charge in [0.1, 0.15) is 24.1 Å². The second kappa shape index (κ2) is 14.2. The predicted octanol–water partition coefficient (Wildman–Crippen LogP) is 3.42. The summed E-state index contributed by atoms with van der Waals surface area (Å²) in [5, 5.41) is 15.3. The fourth-order valence-electron chi connectivity index (χ4n) is 3.94. The molecule has 2 heterocycles. The van der Waals surface area contributed by atoms with Gasteiger partial charge in [-0.15, -0.1) is 0 Å². The molecular formula is C25H41FN4O5. The van der Waals surface area contributed by atoms with Crippen LogP contribution in [0, 0.1) is 0 Å². The van der Waals surface area contributed by atoms with Crippen LogP contribution in [-0.2, 0) is 27.1 Å². The first kappa shape index (κ1) is 28.8. The highest BCUT2D eigenvalue weighted by molar-refractivity contribution is 5.80. The first-order chi connectivity index (χ1) is 16.6. The number of unbranched alkanes of at least 4 members (excludes halogenated alkanes) is 1. The minimum atomic E-state index is -1.14. The maximum atomic E-state index is 13.3. The van der Waals surface area contributed by atoms with Crippen molar-refractivity contribution >= 4 is 17.9 Å². The molecule has 2 rings (SSSR count). The smallest absolute Gasteiger partial charge is 0.408 e. The first-order valence-electron chi connectivity index (χ1n) is 12.4. The van der Waals surface area contributed by atoms with Crippen LogP contribution < -0.4 is 10.6 Å². The third-order valence-electron chi connectivity index (χ3n) is 5.80. The van der Waals surface area contributed by atoms with Crippen LogP contribution in [0.25, 0.3) is 0 Å². The van der Waals surface area contributed by atoms with Crippen molar-refractivity contribution in [2.24, 2.45) is 0 Å². The molecule has 1 aromatic heterocycles. The number of amides is 1. The number of carbonyl (C=O) groups is 2. The lowest BCUT2D eigenvalue weighted by Crippen LogP contribution is -2.46. The minimum Gasteiger partial charge on any atom is -0.480 e. The van der Waals surface area contributed by atoms with E-state index >= 15 is 0 Å². The summed E-state index contributed by atoms with van der Waals surface area (Å²) in [7, 11) is 1.46. The van der Waals surface area contributed by atoms with Gasteiger partial charge in [-0.2, -0.15) is 0 Å². The van der Waals surface area contributed by atoms with Crippen LogP contribution in [0.1, 0.15) is 57.7 Å². The van der Waals surface area contributed by atoms with E-state index in [1.165, 1.54) is 12.7 Å². The molecule has 0 aromatic carbocycles. The van der Waals surface area contributed by atoms with Crippen molar-refractivity contribution in [1.29, 1.82) is 0 Å². The van der Waals surface area contributed by atoms with Crippen LogP contribution in [0.3, 0.4) is 0 Å². The summed E-state index contributed by atoms with van der Waals surface area (Å²) < 4.78 is 23.7. The van der Waals surface area contributed by atoms with Crippen molar-refractivity contribution < 1.29 is 28.6 Å². The summed E-state index contributed by atoms with van der Waals surface area (Å²) in [4.78, 5) is 30.4. The fourth-order valence-corrected chi connectivity index (χ4v) is 3.94. The number of nitrogens with one attached hydrogen (secondary N) is 2. The standard InChI is InChI=1S/C25H41FN4O5/c1-25(2,3)35-24(33)29-21(23(31)32)12-15-30(17-20(16-26)34-4)14-6-5-9-19-11-10-18-8-7-13-27-22(18)28-19/h10-11,20-21H,5-9,12-17H2,1-4H3,(H,27,28)(H,29,33)(H,31,32). The summed E-state index contributed by atoms with van der Waals surface area (Å²) in [5.74, 6) is -0.157. The molecule has 1 amide bonds. The molecule has 198 valence electrons. The second-order valence-electron chi connectivity index (χ2n) is 9.94. The van der Waals surface area contributed by atoms with Gasteiger partial charge in [0.05, 0.1) is 6.10 Å². The molecule has 0 spiro atoms. The molecule has 1 aliphatic heterocycles. The Balaban J connectivity index is 1.88. The Hall–Kier alpha value is -2.46. The van der Waals surface area contributed by atoms with E-state index in [2.05, 4.69) is 22.8 Å². The van der Waals surface area contributed by atoms with Gasteiger partial charge < -0.3 is 30.1 Å². The molecule has 0 aliphatic carbocycles. The Labute approximate surface area is 207 Å². The zero-order valence-electron chi connectivity index (χ0n) is 21.4. The number of pyridine rings is 1. The molecule has 10 heteroatoms. The van der Waals surface area contributed by atoms with Gasteiger partial charge in [-0.25, -0.2) is 19.0 Å². The maximum Gasteiger partial charge on any atom is 0.408 e. The highest BCUT2D eigenvalue weighted by Crippen LogP contribution is 2.20. The van der Waals surface area contributed by atoms with Crippen LogP contribution in [0.15, 0.2) is 12.1 Å². The van der Waals surface area contributed by atoms with E-state index in [0.717, 1.165) is 50.2 Å². The van der Waals surface area contributed by atoms with Crippen molar-refractivity contribution in [3.05, 3.63) is 23.4 Å². The van der Waals surface area contributed by atoms with Gasteiger partial charge in [0.2, 0.25) is 0 Å². The number of aryl methyl sites for hydroxylation is 2. The van der Waals surface area contributed by atoms with E-state index in [1.807, 2.05) is 4.90 Å². The van der Waals surface area contributed by atoms with Crippen molar-refractivity contribution in [1.82, 2.24) is 15.2 Å². The Morgan fingerprint density at radius 2 is 2.06 bits per heavy atom. The summed E-state index contributed by atoms with van der Waals surface area (Å²) >= 11 is 0. The van der Waals surface area contributed by atoms with Crippen molar-refractivity contribution in [2.45, 2.75) is 77.0 Å². The highest BCUT2D eigenvalue weighted by atomic mass is 19.1. The zero-order chi connectivity index (χ0) is 25.8. The number of carboxylic acids is 1. The van der Waals surface area contributed by atoms with Gasteiger partial charge in [0, 0.05) is 32.4 Å². The van der Waals surface area contributed by atoms with Crippen LogP contribution in [0.2, 0.25) is 0 Å². The molecule has 2 atom stereocenters. The molecule has 0 saturated heterocycles. The molecule has 3 N–H and O–H groups in total. The maximum absolute atomic E-state index is 13.3.